The fourth-order valence-electron chi connectivity index (χ4n) is 3.52. The van der Waals surface area contributed by atoms with Gasteiger partial charge in [-0.1, -0.05) is 19.1 Å². The number of nitro benzene ring substituents is 1. The van der Waals surface area contributed by atoms with Crippen LogP contribution in [0.15, 0.2) is 30.3 Å². The molecule has 0 amide bonds. The Labute approximate surface area is 171 Å². The molecule has 2 aromatic rings. The summed E-state index contributed by atoms with van der Waals surface area (Å²) >= 11 is 0. The number of nitro groups is 1. The summed E-state index contributed by atoms with van der Waals surface area (Å²) in [5, 5.41) is 11.0. The lowest BCUT2D eigenvalue weighted by Gasteiger charge is -2.37. The summed E-state index contributed by atoms with van der Waals surface area (Å²) in [6.45, 7) is 3.16. The lowest BCUT2D eigenvalue weighted by Crippen LogP contribution is -2.44. The SMILES string of the molecule is CCC(=O)[C@@](C[C@H](C)N(C)C)(c1ccc([N+](=O)[O-])cc1)c1c(F)c(F)cc(F)c1F. The van der Waals surface area contributed by atoms with E-state index in [1.165, 1.54) is 19.1 Å². The average Bonchev–Trinajstić information content (AvgIpc) is 2.70. The molecule has 2 atom stereocenters. The summed E-state index contributed by atoms with van der Waals surface area (Å²) in [7, 11) is 3.36. The maximum atomic E-state index is 14.9. The van der Waals surface area contributed by atoms with Gasteiger partial charge in [0.15, 0.2) is 23.3 Å². The summed E-state index contributed by atoms with van der Waals surface area (Å²) in [4.78, 5) is 25.2. The van der Waals surface area contributed by atoms with Crippen molar-refractivity contribution < 1.29 is 27.3 Å². The van der Waals surface area contributed by atoms with E-state index in [0.29, 0.717) is 0 Å². The van der Waals surface area contributed by atoms with Gasteiger partial charge in [-0.2, -0.15) is 0 Å². The highest BCUT2D eigenvalue weighted by Gasteiger charge is 2.47. The minimum absolute atomic E-state index is 0.0106. The topological polar surface area (TPSA) is 63.5 Å². The molecule has 30 heavy (non-hydrogen) atoms. The maximum Gasteiger partial charge on any atom is 0.269 e. The van der Waals surface area contributed by atoms with Gasteiger partial charge in [-0.15, -0.1) is 0 Å². The van der Waals surface area contributed by atoms with Crippen molar-refractivity contribution in [3.05, 3.63) is 74.8 Å². The second-order valence-electron chi connectivity index (χ2n) is 7.35. The van der Waals surface area contributed by atoms with Crippen molar-refractivity contribution in [1.29, 1.82) is 0 Å². The molecule has 0 aromatic heterocycles. The first-order chi connectivity index (χ1) is 14.0. The van der Waals surface area contributed by atoms with Crippen molar-refractivity contribution in [1.82, 2.24) is 4.90 Å². The highest BCUT2D eigenvalue weighted by Crippen LogP contribution is 2.43. The molecule has 0 aliphatic heterocycles. The molecule has 0 aliphatic rings. The summed E-state index contributed by atoms with van der Waals surface area (Å²) < 4.78 is 58.1. The number of carbonyl (C=O) groups excluding carboxylic acids is 1. The van der Waals surface area contributed by atoms with Crippen LogP contribution in [-0.4, -0.2) is 35.7 Å². The van der Waals surface area contributed by atoms with Gasteiger partial charge in [0, 0.05) is 36.2 Å². The maximum absolute atomic E-state index is 14.9. The van der Waals surface area contributed by atoms with Crippen LogP contribution in [0.4, 0.5) is 23.2 Å². The van der Waals surface area contributed by atoms with Gasteiger partial charge in [0.25, 0.3) is 5.69 Å². The van der Waals surface area contributed by atoms with E-state index in [2.05, 4.69) is 0 Å². The Bertz CT molecular complexity index is 937. The number of Topliss-reactive ketones (excluding diaryl/α,β-unsaturated/α-hetero) is 1. The zero-order valence-corrected chi connectivity index (χ0v) is 17.0. The minimum atomic E-state index is -2.09. The lowest BCUT2D eigenvalue weighted by molar-refractivity contribution is -0.384. The summed E-state index contributed by atoms with van der Waals surface area (Å²) in [6.07, 6.45) is -0.393. The van der Waals surface area contributed by atoms with E-state index in [0.717, 1.165) is 12.1 Å². The standard InChI is InChI=1S/C21H22F4N2O3/c1-5-17(28)21(11-12(2)26(3)4,13-6-8-14(9-7-13)27(29)30)18-19(24)15(22)10-16(23)20(18)25/h6-10,12H,5,11H2,1-4H3/t12-,21+/m0/s1. The molecular formula is C21H22F4N2O3. The Hall–Kier alpha value is -2.81. The van der Waals surface area contributed by atoms with Crippen molar-refractivity contribution in [2.45, 2.75) is 38.1 Å². The number of non-ortho nitro benzene ring substituents is 1. The average molecular weight is 426 g/mol. The van der Waals surface area contributed by atoms with Crippen molar-refractivity contribution in [2.75, 3.05) is 14.1 Å². The first kappa shape index (κ1) is 23.5. The van der Waals surface area contributed by atoms with Gasteiger partial charge in [0.1, 0.15) is 5.78 Å². The van der Waals surface area contributed by atoms with Crippen LogP contribution in [0.2, 0.25) is 0 Å². The van der Waals surface area contributed by atoms with Gasteiger partial charge in [0.05, 0.1) is 10.3 Å². The normalized spacial score (nSPS) is 14.4. The Kier molecular flexibility index (Phi) is 6.97. The predicted octanol–water partition coefficient (Wildman–Crippen LogP) is 4.76. The first-order valence-electron chi connectivity index (χ1n) is 9.25. The molecule has 0 radical (unpaired) electrons. The van der Waals surface area contributed by atoms with E-state index in [1.54, 1.807) is 25.9 Å². The molecule has 0 fully saturated rings. The van der Waals surface area contributed by atoms with Crippen molar-refractivity contribution in [2.24, 2.45) is 0 Å². The van der Waals surface area contributed by atoms with E-state index in [1.807, 2.05) is 0 Å². The summed E-state index contributed by atoms with van der Waals surface area (Å²) in [5.41, 5.74) is -3.42. The van der Waals surface area contributed by atoms with Crippen molar-refractivity contribution in [3.8, 4) is 0 Å². The number of carbonyl (C=O) groups is 1. The van der Waals surface area contributed by atoms with Crippen LogP contribution in [0.5, 0.6) is 0 Å². The Balaban J connectivity index is 2.96. The number of hydrogen-bond donors (Lipinski definition) is 0. The van der Waals surface area contributed by atoms with Gasteiger partial charge in [-0.25, -0.2) is 17.6 Å². The van der Waals surface area contributed by atoms with E-state index in [-0.39, 0.29) is 30.2 Å². The molecule has 0 aliphatic carbocycles. The van der Waals surface area contributed by atoms with Crippen LogP contribution in [0.3, 0.4) is 0 Å². The van der Waals surface area contributed by atoms with Gasteiger partial charge in [-0.3, -0.25) is 14.9 Å². The zero-order valence-electron chi connectivity index (χ0n) is 17.0. The smallest absolute Gasteiger partial charge is 0.269 e. The lowest BCUT2D eigenvalue weighted by atomic mass is 9.66. The Morgan fingerprint density at radius 3 is 2.00 bits per heavy atom. The molecule has 9 heteroatoms. The monoisotopic (exact) mass is 426 g/mol. The second kappa shape index (κ2) is 8.91. The molecule has 2 rings (SSSR count). The van der Waals surface area contributed by atoms with Crippen molar-refractivity contribution in [3.63, 3.8) is 0 Å². The van der Waals surface area contributed by atoms with Crippen LogP contribution in [-0.2, 0) is 10.2 Å². The molecule has 0 bridgehead atoms. The summed E-state index contributed by atoms with van der Waals surface area (Å²) in [6, 6.07) is 4.18. The van der Waals surface area contributed by atoms with E-state index in [9.17, 15) is 32.5 Å². The number of benzene rings is 2. The molecule has 0 heterocycles. The molecule has 162 valence electrons. The third-order valence-corrected chi connectivity index (χ3v) is 5.39. The quantitative estimate of drug-likeness (QED) is 0.264. The van der Waals surface area contributed by atoms with E-state index < -0.39 is 51.0 Å². The third-order valence-electron chi connectivity index (χ3n) is 5.39. The molecule has 2 aromatic carbocycles. The van der Waals surface area contributed by atoms with Crippen LogP contribution < -0.4 is 0 Å². The molecule has 0 spiro atoms. The van der Waals surface area contributed by atoms with Crippen LogP contribution in [0.1, 0.15) is 37.8 Å². The fraction of sp³-hybridized carbons (Fsp3) is 0.381. The zero-order chi connectivity index (χ0) is 22.8. The van der Waals surface area contributed by atoms with Crippen LogP contribution in [0.25, 0.3) is 0 Å². The molecule has 0 N–H and O–H groups in total. The van der Waals surface area contributed by atoms with Crippen LogP contribution in [0, 0.1) is 33.4 Å². The summed E-state index contributed by atoms with van der Waals surface area (Å²) in [5.74, 6) is -7.26. The largest absolute Gasteiger partial charge is 0.307 e. The Morgan fingerprint density at radius 2 is 1.60 bits per heavy atom. The number of hydrogen-bond acceptors (Lipinski definition) is 4. The predicted molar refractivity (Wildman–Crippen MR) is 103 cm³/mol. The number of halogens is 4. The van der Waals surface area contributed by atoms with Gasteiger partial charge < -0.3 is 4.90 Å². The van der Waals surface area contributed by atoms with Gasteiger partial charge in [-0.05, 0) is 33.0 Å². The van der Waals surface area contributed by atoms with Gasteiger partial charge in [0.2, 0.25) is 0 Å². The fourth-order valence-corrected chi connectivity index (χ4v) is 3.52. The van der Waals surface area contributed by atoms with Crippen molar-refractivity contribution >= 4 is 11.5 Å². The number of ketones is 1. The molecular weight excluding hydrogens is 404 g/mol. The number of nitrogens with zero attached hydrogens (tertiary/aromatic N) is 2. The molecule has 0 unspecified atom stereocenters. The third kappa shape index (κ3) is 4.07. The Morgan fingerprint density at radius 1 is 1.10 bits per heavy atom. The molecule has 5 nitrogen and oxygen atoms in total. The first-order valence-corrected chi connectivity index (χ1v) is 9.25. The highest BCUT2D eigenvalue weighted by molar-refractivity contribution is 5.94. The van der Waals surface area contributed by atoms with Crippen LogP contribution >= 0.6 is 0 Å². The van der Waals surface area contributed by atoms with E-state index >= 15 is 0 Å². The minimum Gasteiger partial charge on any atom is -0.307 e. The van der Waals surface area contributed by atoms with E-state index in [4.69, 9.17) is 0 Å². The highest BCUT2D eigenvalue weighted by atomic mass is 19.2. The second-order valence-corrected chi connectivity index (χ2v) is 7.35. The molecule has 0 saturated carbocycles. The number of rotatable bonds is 8. The molecule has 0 saturated heterocycles. The van der Waals surface area contributed by atoms with Gasteiger partial charge >= 0.3 is 0 Å².